The highest BCUT2D eigenvalue weighted by Gasteiger charge is 2.18. The summed E-state index contributed by atoms with van der Waals surface area (Å²) in [5.41, 5.74) is 4.14. The molecule has 2 heteroatoms. The van der Waals surface area contributed by atoms with E-state index in [1.807, 2.05) is 54.7 Å². The van der Waals surface area contributed by atoms with E-state index in [2.05, 4.69) is 53.5 Å². The zero-order valence-corrected chi connectivity index (χ0v) is 14.7. The Labute approximate surface area is 157 Å². The Bertz CT molecular complexity index is 1210. The average molecular weight is 347 g/mol. The Kier molecular flexibility index (Phi) is 3.80. The molecular formula is C25H17NO. The standard InChI is InChI=1S/C25H17NO/c1-2-10-18(11-3-1)24-21-14-6-7-15-22(21)25(27-24)20-13-5-4-12-19(20)23-16-8-9-17-26-23/h1-17H. The summed E-state index contributed by atoms with van der Waals surface area (Å²) in [4.78, 5) is 4.54. The van der Waals surface area contributed by atoms with Crippen molar-refractivity contribution >= 4 is 10.8 Å². The van der Waals surface area contributed by atoms with Crippen LogP contribution < -0.4 is 0 Å². The predicted molar refractivity (Wildman–Crippen MR) is 110 cm³/mol. The van der Waals surface area contributed by atoms with Crippen molar-refractivity contribution in [1.82, 2.24) is 4.98 Å². The quantitative estimate of drug-likeness (QED) is 0.357. The lowest BCUT2D eigenvalue weighted by atomic mass is 9.99. The van der Waals surface area contributed by atoms with E-state index in [0.29, 0.717) is 0 Å². The molecule has 0 spiro atoms. The van der Waals surface area contributed by atoms with Crippen LogP contribution in [0.25, 0.3) is 44.7 Å². The van der Waals surface area contributed by atoms with Crippen molar-refractivity contribution in [3.05, 3.63) is 103 Å². The highest BCUT2D eigenvalue weighted by Crippen LogP contribution is 2.41. The van der Waals surface area contributed by atoms with E-state index < -0.39 is 0 Å². The Hall–Kier alpha value is -3.65. The van der Waals surface area contributed by atoms with Gasteiger partial charge in [0, 0.05) is 33.7 Å². The van der Waals surface area contributed by atoms with Gasteiger partial charge >= 0.3 is 0 Å². The topological polar surface area (TPSA) is 26.0 Å². The molecule has 128 valence electrons. The van der Waals surface area contributed by atoms with E-state index in [9.17, 15) is 0 Å². The number of fused-ring (bicyclic) bond motifs is 1. The van der Waals surface area contributed by atoms with E-state index >= 15 is 0 Å². The van der Waals surface area contributed by atoms with Crippen LogP contribution in [0.5, 0.6) is 0 Å². The van der Waals surface area contributed by atoms with Gasteiger partial charge in [-0.3, -0.25) is 4.98 Å². The van der Waals surface area contributed by atoms with Crippen LogP contribution in [0.15, 0.2) is 108 Å². The molecule has 0 radical (unpaired) electrons. The summed E-state index contributed by atoms with van der Waals surface area (Å²) < 4.78 is 6.47. The Balaban J connectivity index is 1.79. The van der Waals surface area contributed by atoms with Gasteiger partial charge in [0.1, 0.15) is 11.5 Å². The molecule has 0 amide bonds. The van der Waals surface area contributed by atoms with Crippen molar-refractivity contribution in [1.29, 1.82) is 0 Å². The highest BCUT2D eigenvalue weighted by atomic mass is 16.3. The summed E-state index contributed by atoms with van der Waals surface area (Å²) in [6.07, 6.45) is 1.82. The van der Waals surface area contributed by atoms with E-state index in [0.717, 1.165) is 44.7 Å². The molecule has 0 N–H and O–H groups in total. The number of aromatic nitrogens is 1. The van der Waals surface area contributed by atoms with Crippen LogP contribution in [0.1, 0.15) is 0 Å². The maximum absolute atomic E-state index is 6.47. The average Bonchev–Trinajstić information content (AvgIpc) is 3.15. The first-order valence-electron chi connectivity index (χ1n) is 8.99. The van der Waals surface area contributed by atoms with Gasteiger partial charge in [-0.2, -0.15) is 0 Å². The molecular weight excluding hydrogens is 330 g/mol. The van der Waals surface area contributed by atoms with Gasteiger partial charge < -0.3 is 4.42 Å². The maximum Gasteiger partial charge on any atom is 0.143 e. The molecule has 2 aromatic heterocycles. The minimum atomic E-state index is 0.880. The van der Waals surface area contributed by atoms with Crippen molar-refractivity contribution in [3.8, 4) is 33.9 Å². The number of benzene rings is 3. The minimum absolute atomic E-state index is 0.880. The van der Waals surface area contributed by atoms with Crippen LogP contribution in [0.3, 0.4) is 0 Å². The van der Waals surface area contributed by atoms with Crippen LogP contribution in [-0.4, -0.2) is 4.98 Å². The second-order valence-corrected chi connectivity index (χ2v) is 6.43. The summed E-state index contributed by atoms with van der Waals surface area (Å²) in [5, 5.41) is 2.23. The zero-order chi connectivity index (χ0) is 18.1. The minimum Gasteiger partial charge on any atom is -0.455 e. The SMILES string of the molecule is c1ccc(-c2oc(-c3ccccc3-c3ccccn3)c3ccccc23)cc1. The Morgan fingerprint density at radius 2 is 1.15 bits per heavy atom. The van der Waals surface area contributed by atoms with Crippen molar-refractivity contribution in [3.63, 3.8) is 0 Å². The number of furan rings is 1. The second kappa shape index (κ2) is 6.58. The molecule has 27 heavy (non-hydrogen) atoms. The summed E-state index contributed by atoms with van der Waals surface area (Å²) >= 11 is 0. The molecule has 0 aliphatic rings. The molecule has 0 bridgehead atoms. The van der Waals surface area contributed by atoms with Crippen LogP contribution in [0, 0.1) is 0 Å². The van der Waals surface area contributed by atoms with Gasteiger partial charge in [0.05, 0.1) is 5.69 Å². The summed E-state index contributed by atoms with van der Waals surface area (Å²) in [6.45, 7) is 0. The lowest BCUT2D eigenvalue weighted by Crippen LogP contribution is -1.86. The third-order valence-electron chi connectivity index (χ3n) is 4.77. The molecule has 0 unspecified atom stereocenters. The number of hydrogen-bond acceptors (Lipinski definition) is 2. The third kappa shape index (κ3) is 2.72. The zero-order valence-electron chi connectivity index (χ0n) is 14.7. The molecule has 0 aliphatic carbocycles. The van der Waals surface area contributed by atoms with Gasteiger partial charge in [-0.05, 0) is 12.1 Å². The normalized spacial score (nSPS) is 11.0. The maximum atomic E-state index is 6.47. The fourth-order valence-corrected chi connectivity index (χ4v) is 3.52. The first-order chi connectivity index (χ1) is 13.4. The number of nitrogens with zero attached hydrogens (tertiary/aromatic N) is 1. The summed E-state index contributed by atoms with van der Waals surface area (Å²) in [6, 6.07) is 32.9. The summed E-state index contributed by atoms with van der Waals surface area (Å²) in [5.74, 6) is 1.78. The molecule has 5 rings (SSSR count). The van der Waals surface area contributed by atoms with Crippen LogP contribution >= 0.6 is 0 Å². The number of rotatable bonds is 3. The van der Waals surface area contributed by atoms with Gasteiger partial charge in [-0.1, -0.05) is 84.9 Å². The first kappa shape index (κ1) is 15.6. The van der Waals surface area contributed by atoms with Crippen LogP contribution in [0.4, 0.5) is 0 Å². The molecule has 0 aliphatic heterocycles. The molecule has 0 saturated heterocycles. The van der Waals surface area contributed by atoms with Crippen molar-refractivity contribution < 1.29 is 4.42 Å². The van der Waals surface area contributed by atoms with Crippen LogP contribution in [0.2, 0.25) is 0 Å². The van der Waals surface area contributed by atoms with Gasteiger partial charge in [0.15, 0.2) is 0 Å². The van der Waals surface area contributed by atoms with E-state index in [1.54, 1.807) is 0 Å². The first-order valence-corrected chi connectivity index (χ1v) is 8.99. The highest BCUT2D eigenvalue weighted by molar-refractivity contribution is 6.04. The van der Waals surface area contributed by atoms with Gasteiger partial charge in [-0.25, -0.2) is 0 Å². The molecule has 5 aromatic rings. The number of pyridine rings is 1. The van der Waals surface area contributed by atoms with Crippen molar-refractivity contribution in [2.75, 3.05) is 0 Å². The Morgan fingerprint density at radius 3 is 1.89 bits per heavy atom. The van der Waals surface area contributed by atoms with Gasteiger partial charge in [0.25, 0.3) is 0 Å². The molecule has 2 nitrogen and oxygen atoms in total. The van der Waals surface area contributed by atoms with E-state index in [-0.39, 0.29) is 0 Å². The second-order valence-electron chi connectivity index (χ2n) is 6.43. The molecule has 0 atom stereocenters. The van der Waals surface area contributed by atoms with E-state index in [4.69, 9.17) is 4.42 Å². The lowest BCUT2D eigenvalue weighted by molar-refractivity contribution is 0.602. The third-order valence-corrected chi connectivity index (χ3v) is 4.77. The fourth-order valence-electron chi connectivity index (χ4n) is 3.52. The molecule has 0 saturated carbocycles. The van der Waals surface area contributed by atoms with Crippen molar-refractivity contribution in [2.45, 2.75) is 0 Å². The molecule has 3 aromatic carbocycles. The van der Waals surface area contributed by atoms with Crippen molar-refractivity contribution in [2.24, 2.45) is 0 Å². The fraction of sp³-hybridized carbons (Fsp3) is 0. The Morgan fingerprint density at radius 1 is 0.519 bits per heavy atom. The predicted octanol–water partition coefficient (Wildman–Crippen LogP) is 6.83. The smallest absolute Gasteiger partial charge is 0.143 e. The largest absolute Gasteiger partial charge is 0.455 e. The number of hydrogen-bond donors (Lipinski definition) is 0. The monoisotopic (exact) mass is 347 g/mol. The van der Waals surface area contributed by atoms with Gasteiger partial charge in [-0.15, -0.1) is 0 Å². The lowest BCUT2D eigenvalue weighted by Gasteiger charge is -2.07. The summed E-state index contributed by atoms with van der Waals surface area (Å²) in [7, 11) is 0. The van der Waals surface area contributed by atoms with Crippen LogP contribution in [-0.2, 0) is 0 Å². The van der Waals surface area contributed by atoms with Gasteiger partial charge in [0.2, 0.25) is 0 Å². The van der Waals surface area contributed by atoms with E-state index in [1.165, 1.54) is 0 Å². The molecule has 0 fully saturated rings. The molecule has 2 heterocycles.